The molecule has 0 fully saturated rings. The van der Waals surface area contributed by atoms with E-state index in [-0.39, 0.29) is 5.97 Å². The summed E-state index contributed by atoms with van der Waals surface area (Å²) in [5.74, 6) is -0.360. The zero-order chi connectivity index (χ0) is 14.5. The Hall–Kier alpha value is -1.82. The van der Waals surface area contributed by atoms with Crippen molar-refractivity contribution in [3.63, 3.8) is 0 Å². The molecule has 2 heterocycles. The first-order valence-corrected chi connectivity index (χ1v) is 7.58. The number of anilines is 2. The number of hydrogen-bond donors (Lipinski definition) is 2. The van der Waals surface area contributed by atoms with Crippen LogP contribution < -0.4 is 11.1 Å². The van der Waals surface area contributed by atoms with Gasteiger partial charge in [0.1, 0.15) is 9.71 Å². The van der Waals surface area contributed by atoms with Gasteiger partial charge in [0.05, 0.1) is 17.7 Å². The van der Waals surface area contributed by atoms with Gasteiger partial charge in [0.15, 0.2) is 0 Å². The Kier molecular flexibility index (Phi) is 4.79. The predicted molar refractivity (Wildman–Crippen MR) is 83.4 cm³/mol. The lowest BCUT2D eigenvalue weighted by Crippen LogP contribution is -2.06. The van der Waals surface area contributed by atoms with Crippen molar-refractivity contribution in [2.45, 2.75) is 26.7 Å². The highest BCUT2D eigenvalue weighted by atomic mass is 32.1. The summed E-state index contributed by atoms with van der Waals surface area (Å²) in [5, 5.41) is 4.04. The average molecular weight is 293 g/mol. The summed E-state index contributed by atoms with van der Waals surface area (Å²) in [7, 11) is 0. The maximum Gasteiger partial charge on any atom is 0.350 e. The molecule has 0 unspecified atom stereocenters. The summed E-state index contributed by atoms with van der Waals surface area (Å²) in [5.41, 5.74) is 7.46. The topological polar surface area (TPSA) is 77.2 Å². The van der Waals surface area contributed by atoms with Gasteiger partial charge in [0, 0.05) is 18.4 Å². The number of ether oxygens (including phenoxy) is 1. The number of nitrogens with two attached hydrogens (primary N) is 1. The third-order valence-electron chi connectivity index (χ3n) is 2.91. The summed E-state index contributed by atoms with van der Waals surface area (Å²) >= 11 is 1.28. The number of hydrogen-bond acceptors (Lipinski definition) is 6. The SMILES string of the molecule is CCCCOC(=O)c1sc2nccc(NCC)c2c1N. The Bertz CT molecular complexity index is 610. The van der Waals surface area contributed by atoms with Gasteiger partial charge in [-0.2, -0.15) is 0 Å². The molecular weight excluding hydrogens is 274 g/mol. The molecule has 0 spiro atoms. The van der Waals surface area contributed by atoms with E-state index in [0.29, 0.717) is 17.2 Å². The maximum atomic E-state index is 12.0. The fraction of sp³-hybridized carbons (Fsp3) is 0.429. The number of carbonyl (C=O) groups is 1. The van der Waals surface area contributed by atoms with Gasteiger partial charge in [-0.15, -0.1) is 11.3 Å². The molecule has 0 radical (unpaired) electrons. The van der Waals surface area contributed by atoms with Crippen molar-refractivity contribution in [1.82, 2.24) is 4.98 Å². The lowest BCUT2D eigenvalue weighted by Gasteiger charge is -2.05. The second-order valence-corrected chi connectivity index (χ2v) is 5.40. The van der Waals surface area contributed by atoms with Gasteiger partial charge in [-0.1, -0.05) is 13.3 Å². The molecule has 6 heteroatoms. The third kappa shape index (κ3) is 2.85. The van der Waals surface area contributed by atoms with Crippen molar-refractivity contribution in [2.75, 3.05) is 24.2 Å². The molecule has 5 nitrogen and oxygen atoms in total. The first kappa shape index (κ1) is 14.6. The number of fused-ring (bicyclic) bond motifs is 1. The van der Waals surface area contributed by atoms with Gasteiger partial charge >= 0.3 is 5.97 Å². The largest absolute Gasteiger partial charge is 0.461 e. The molecule has 3 N–H and O–H groups in total. The predicted octanol–water partition coefficient (Wildman–Crippen LogP) is 3.27. The van der Waals surface area contributed by atoms with E-state index in [9.17, 15) is 4.79 Å². The number of pyridine rings is 1. The van der Waals surface area contributed by atoms with Gasteiger partial charge < -0.3 is 15.8 Å². The lowest BCUT2D eigenvalue weighted by atomic mass is 10.2. The van der Waals surface area contributed by atoms with Gasteiger partial charge in [-0.3, -0.25) is 0 Å². The van der Waals surface area contributed by atoms with Crippen molar-refractivity contribution >= 4 is 38.9 Å². The van der Waals surface area contributed by atoms with Crippen LogP contribution in [-0.4, -0.2) is 24.1 Å². The molecular formula is C14H19N3O2S. The van der Waals surface area contributed by atoms with Crippen LogP contribution in [0.5, 0.6) is 0 Å². The summed E-state index contributed by atoms with van der Waals surface area (Å²) in [4.78, 5) is 17.5. The lowest BCUT2D eigenvalue weighted by molar-refractivity contribution is 0.0506. The van der Waals surface area contributed by atoms with Crippen LogP contribution in [0.25, 0.3) is 10.2 Å². The number of aromatic nitrogens is 1. The van der Waals surface area contributed by atoms with Crippen molar-refractivity contribution < 1.29 is 9.53 Å². The van der Waals surface area contributed by atoms with Crippen molar-refractivity contribution in [2.24, 2.45) is 0 Å². The molecule has 2 aromatic rings. The molecule has 0 aliphatic carbocycles. The molecule has 0 saturated heterocycles. The number of rotatable bonds is 6. The number of esters is 1. The van der Waals surface area contributed by atoms with Gasteiger partial charge in [-0.05, 0) is 19.4 Å². The summed E-state index contributed by atoms with van der Waals surface area (Å²) in [6.45, 7) is 5.27. The van der Waals surface area contributed by atoms with E-state index in [4.69, 9.17) is 10.5 Å². The molecule has 0 amide bonds. The van der Waals surface area contributed by atoms with Gasteiger partial charge in [0.2, 0.25) is 0 Å². The smallest absolute Gasteiger partial charge is 0.350 e. The Morgan fingerprint density at radius 3 is 3.00 bits per heavy atom. The van der Waals surface area contributed by atoms with Crippen LogP contribution in [0.4, 0.5) is 11.4 Å². The van der Waals surface area contributed by atoms with E-state index >= 15 is 0 Å². The zero-order valence-corrected chi connectivity index (χ0v) is 12.5. The molecule has 0 bridgehead atoms. The first-order chi connectivity index (χ1) is 9.69. The number of carbonyl (C=O) groups excluding carboxylic acids is 1. The summed E-state index contributed by atoms with van der Waals surface area (Å²) < 4.78 is 5.22. The third-order valence-corrected chi connectivity index (χ3v) is 4.01. The normalized spacial score (nSPS) is 10.7. The number of nitrogens with zero attached hydrogens (tertiary/aromatic N) is 1. The molecule has 0 saturated carbocycles. The number of nitrogens with one attached hydrogen (secondary N) is 1. The summed E-state index contributed by atoms with van der Waals surface area (Å²) in [6.07, 6.45) is 3.56. The molecule has 0 aliphatic rings. The number of thiophene rings is 1. The summed E-state index contributed by atoms with van der Waals surface area (Å²) in [6, 6.07) is 1.86. The Balaban J connectivity index is 2.33. The quantitative estimate of drug-likeness (QED) is 0.631. The second kappa shape index (κ2) is 6.56. The fourth-order valence-corrected chi connectivity index (χ4v) is 2.89. The molecule has 0 aliphatic heterocycles. The molecule has 2 aromatic heterocycles. The van der Waals surface area contributed by atoms with E-state index in [2.05, 4.69) is 10.3 Å². The highest BCUT2D eigenvalue weighted by Gasteiger charge is 2.20. The minimum absolute atomic E-state index is 0.360. The van der Waals surface area contributed by atoms with Crippen molar-refractivity contribution in [3.8, 4) is 0 Å². The highest BCUT2D eigenvalue weighted by molar-refractivity contribution is 7.21. The van der Waals surface area contributed by atoms with E-state index in [0.717, 1.165) is 35.3 Å². The average Bonchev–Trinajstić information content (AvgIpc) is 2.78. The molecule has 0 atom stereocenters. The van der Waals surface area contributed by atoms with Crippen LogP contribution in [-0.2, 0) is 4.74 Å². The number of nitrogen functional groups attached to an aromatic ring is 1. The van der Waals surface area contributed by atoms with Crippen molar-refractivity contribution in [1.29, 1.82) is 0 Å². The van der Waals surface area contributed by atoms with Gasteiger partial charge in [0.25, 0.3) is 0 Å². The Labute approximate surface area is 122 Å². The van der Waals surface area contributed by atoms with Crippen LogP contribution >= 0.6 is 11.3 Å². The van der Waals surface area contributed by atoms with Crippen LogP contribution in [0, 0.1) is 0 Å². The number of unbranched alkanes of at least 4 members (excludes halogenated alkanes) is 1. The monoisotopic (exact) mass is 293 g/mol. The molecule has 20 heavy (non-hydrogen) atoms. The van der Waals surface area contributed by atoms with E-state index in [1.165, 1.54) is 11.3 Å². The van der Waals surface area contributed by atoms with Crippen LogP contribution in [0.3, 0.4) is 0 Å². The highest BCUT2D eigenvalue weighted by Crippen LogP contribution is 2.37. The van der Waals surface area contributed by atoms with Gasteiger partial charge in [-0.25, -0.2) is 9.78 Å². The van der Waals surface area contributed by atoms with Crippen LogP contribution in [0.2, 0.25) is 0 Å². The van der Waals surface area contributed by atoms with Crippen molar-refractivity contribution in [3.05, 3.63) is 17.1 Å². The van der Waals surface area contributed by atoms with Crippen LogP contribution in [0.1, 0.15) is 36.4 Å². The second-order valence-electron chi connectivity index (χ2n) is 4.40. The Morgan fingerprint density at radius 2 is 2.30 bits per heavy atom. The van der Waals surface area contributed by atoms with E-state index in [1.54, 1.807) is 6.20 Å². The molecule has 0 aromatic carbocycles. The molecule has 2 rings (SSSR count). The standard InChI is InChI=1S/C14H19N3O2S/c1-3-5-8-19-14(18)12-11(15)10-9(16-4-2)6-7-17-13(10)20-12/h6-7H,3-5,8,15H2,1-2H3,(H,16,17). The Morgan fingerprint density at radius 1 is 1.50 bits per heavy atom. The fourth-order valence-electron chi connectivity index (χ4n) is 1.91. The maximum absolute atomic E-state index is 12.0. The molecule has 108 valence electrons. The first-order valence-electron chi connectivity index (χ1n) is 6.77. The van der Waals surface area contributed by atoms with Crippen LogP contribution in [0.15, 0.2) is 12.3 Å². The minimum Gasteiger partial charge on any atom is -0.461 e. The van der Waals surface area contributed by atoms with E-state index < -0.39 is 0 Å². The van der Waals surface area contributed by atoms with E-state index in [1.807, 2.05) is 19.9 Å². The minimum atomic E-state index is -0.360. The zero-order valence-electron chi connectivity index (χ0n) is 11.7.